The van der Waals surface area contributed by atoms with Crippen LogP contribution in [0.3, 0.4) is 0 Å². The van der Waals surface area contributed by atoms with Crippen LogP contribution in [0.5, 0.6) is 5.88 Å². The molecule has 0 N–H and O–H groups in total. The minimum absolute atomic E-state index is 0.395. The van der Waals surface area contributed by atoms with E-state index < -0.39 is 0 Å². The number of methoxy groups -OCH3 is 1. The van der Waals surface area contributed by atoms with E-state index in [4.69, 9.17) is 9.15 Å². The molecule has 0 fully saturated rings. The van der Waals surface area contributed by atoms with Gasteiger partial charge in [-0.25, -0.2) is 9.97 Å². The molecular formula is C10H7N3O2S. The Labute approximate surface area is 94.7 Å². The highest BCUT2D eigenvalue weighted by Crippen LogP contribution is 2.29. The smallest absolute Gasteiger partial charge is 0.264 e. The van der Waals surface area contributed by atoms with Gasteiger partial charge in [0, 0.05) is 0 Å². The van der Waals surface area contributed by atoms with Crippen LogP contribution in [0, 0.1) is 0 Å². The standard InChI is InChI=1S/C10H7N3O2S/c1-14-9-7-6(2-5-16-7)12-8(13-9)10-11-3-4-15-10/h2-5H,1H3. The Morgan fingerprint density at radius 1 is 1.38 bits per heavy atom. The zero-order valence-electron chi connectivity index (χ0n) is 8.38. The van der Waals surface area contributed by atoms with E-state index in [-0.39, 0.29) is 0 Å². The number of rotatable bonds is 2. The molecule has 0 aliphatic carbocycles. The van der Waals surface area contributed by atoms with Gasteiger partial charge in [0.15, 0.2) is 0 Å². The van der Waals surface area contributed by atoms with Crippen LogP contribution in [-0.2, 0) is 0 Å². The highest BCUT2D eigenvalue weighted by molar-refractivity contribution is 7.17. The van der Waals surface area contributed by atoms with Crippen LogP contribution in [-0.4, -0.2) is 22.1 Å². The molecule has 3 heterocycles. The van der Waals surface area contributed by atoms with Crippen LogP contribution in [0.1, 0.15) is 0 Å². The molecule has 3 aromatic heterocycles. The maximum atomic E-state index is 5.21. The largest absolute Gasteiger partial charge is 0.480 e. The Morgan fingerprint density at radius 3 is 3.06 bits per heavy atom. The van der Waals surface area contributed by atoms with Gasteiger partial charge in [0.2, 0.25) is 11.7 Å². The molecule has 5 nitrogen and oxygen atoms in total. The molecule has 80 valence electrons. The van der Waals surface area contributed by atoms with E-state index in [1.54, 1.807) is 24.6 Å². The van der Waals surface area contributed by atoms with Gasteiger partial charge in [-0.05, 0) is 11.4 Å². The van der Waals surface area contributed by atoms with Crippen LogP contribution in [0.2, 0.25) is 0 Å². The first-order valence-corrected chi connectivity index (χ1v) is 5.45. The number of nitrogens with zero attached hydrogens (tertiary/aromatic N) is 3. The number of hydrogen-bond acceptors (Lipinski definition) is 6. The second-order valence-corrected chi connectivity index (χ2v) is 3.94. The van der Waals surface area contributed by atoms with Gasteiger partial charge in [-0.3, -0.25) is 0 Å². The molecule has 0 aliphatic heterocycles. The van der Waals surface area contributed by atoms with E-state index in [1.165, 1.54) is 6.26 Å². The van der Waals surface area contributed by atoms with Crippen molar-refractivity contribution in [3.8, 4) is 17.6 Å². The molecule has 0 radical (unpaired) electrons. The molecular weight excluding hydrogens is 226 g/mol. The Bertz CT molecular complexity index is 618. The third-order valence-corrected chi connectivity index (χ3v) is 2.98. The summed E-state index contributed by atoms with van der Waals surface area (Å²) in [6.45, 7) is 0. The molecule has 0 aliphatic rings. The fraction of sp³-hybridized carbons (Fsp3) is 0.100. The van der Waals surface area contributed by atoms with Crippen LogP contribution in [0.25, 0.3) is 21.9 Å². The summed E-state index contributed by atoms with van der Waals surface area (Å²) in [5.41, 5.74) is 0.838. The lowest BCUT2D eigenvalue weighted by Crippen LogP contribution is -1.94. The van der Waals surface area contributed by atoms with E-state index in [0.29, 0.717) is 17.6 Å². The topological polar surface area (TPSA) is 61.0 Å². The van der Waals surface area contributed by atoms with Crippen molar-refractivity contribution in [3.63, 3.8) is 0 Å². The SMILES string of the molecule is COc1nc(-c2ncco2)nc2ccsc12. The Balaban J connectivity index is 2.27. The summed E-state index contributed by atoms with van der Waals surface area (Å²) in [4.78, 5) is 12.6. The van der Waals surface area contributed by atoms with Crippen molar-refractivity contribution in [2.75, 3.05) is 7.11 Å². The third kappa shape index (κ3) is 1.35. The zero-order valence-corrected chi connectivity index (χ0v) is 9.19. The molecule has 0 saturated heterocycles. The maximum Gasteiger partial charge on any atom is 0.264 e. The molecule has 0 atom stereocenters. The van der Waals surface area contributed by atoms with Crippen molar-refractivity contribution in [2.24, 2.45) is 0 Å². The monoisotopic (exact) mass is 233 g/mol. The number of aromatic nitrogens is 3. The molecule has 0 spiro atoms. The number of fused-ring (bicyclic) bond motifs is 1. The van der Waals surface area contributed by atoms with Crippen LogP contribution in [0.15, 0.2) is 28.3 Å². The molecule has 3 aromatic rings. The van der Waals surface area contributed by atoms with Gasteiger partial charge in [-0.15, -0.1) is 11.3 Å². The minimum Gasteiger partial charge on any atom is -0.480 e. The second-order valence-electron chi connectivity index (χ2n) is 3.03. The second kappa shape index (κ2) is 3.57. The first-order chi connectivity index (χ1) is 7.88. The van der Waals surface area contributed by atoms with Gasteiger partial charge in [0.1, 0.15) is 11.0 Å². The summed E-state index contributed by atoms with van der Waals surface area (Å²) in [6.07, 6.45) is 3.05. The van der Waals surface area contributed by atoms with Crippen LogP contribution >= 0.6 is 11.3 Å². The van der Waals surface area contributed by atoms with Crippen molar-refractivity contribution >= 4 is 21.6 Å². The van der Waals surface area contributed by atoms with E-state index in [2.05, 4.69) is 15.0 Å². The van der Waals surface area contributed by atoms with E-state index in [9.17, 15) is 0 Å². The number of thiophene rings is 1. The summed E-state index contributed by atoms with van der Waals surface area (Å²) in [5, 5.41) is 1.95. The lowest BCUT2D eigenvalue weighted by atomic mass is 10.4. The summed E-state index contributed by atoms with van der Waals surface area (Å²) in [6, 6.07) is 1.91. The number of ether oxygens (including phenoxy) is 1. The summed E-state index contributed by atoms with van der Waals surface area (Å²) >= 11 is 1.54. The zero-order chi connectivity index (χ0) is 11.0. The predicted octanol–water partition coefficient (Wildman–Crippen LogP) is 2.35. The van der Waals surface area contributed by atoms with Crippen LogP contribution < -0.4 is 4.74 Å². The van der Waals surface area contributed by atoms with Gasteiger partial charge in [0.25, 0.3) is 5.89 Å². The lowest BCUT2D eigenvalue weighted by molar-refractivity contribution is 0.403. The quantitative estimate of drug-likeness (QED) is 0.680. The average molecular weight is 233 g/mol. The van der Waals surface area contributed by atoms with Crippen molar-refractivity contribution in [2.45, 2.75) is 0 Å². The fourth-order valence-corrected chi connectivity index (χ4v) is 2.20. The summed E-state index contributed by atoms with van der Waals surface area (Å²) < 4.78 is 11.3. The predicted molar refractivity (Wildman–Crippen MR) is 59.5 cm³/mol. The molecule has 16 heavy (non-hydrogen) atoms. The molecule has 6 heteroatoms. The lowest BCUT2D eigenvalue weighted by Gasteiger charge is -2.01. The van der Waals surface area contributed by atoms with Gasteiger partial charge in [0.05, 0.1) is 18.8 Å². The fourth-order valence-electron chi connectivity index (χ4n) is 1.40. The minimum atomic E-state index is 0.395. The maximum absolute atomic E-state index is 5.21. The van der Waals surface area contributed by atoms with Crippen molar-refractivity contribution in [1.29, 1.82) is 0 Å². The van der Waals surface area contributed by atoms with Gasteiger partial charge in [-0.1, -0.05) is 0 Å². The van der Waals surface area contributed by atoms with E-state index in [1.807, 2.05) is 11.4 Å². The molecule has 0 bridgehead atoms. The first kappa shape index (κ1) is 9.29. The van der Waals surface area contributed by atoms with Crippen molar-refractivity contribution in [3.05, 3.63) is 23.9 Å². The van der Waals surface area contributed by atoms with Gasteiger partial charge in [-0.2, -0.15) is 4.98 Å². The van der Waals surface area contributed by atoms with Crippen LogP contribution in [0.4, 0.5) is 0 Å². The molecule has 0 unspecified atom stereocenters. The van der Waals surface area contributed by atoms with Crippen molar-refractivity contribution in [1.82, 2.24) is 15.0 Å². The highest BCUT2D eigenvalue weighted by atomic mass is 32.1. The molecule has 0 aromatic carbocycles. The van der Waals surface area contributed by atoms with E-state index in [0.717, 1.165) is 10.2 Å². The number of oxazole rings is 1. The van der Waals surface area contributed by atoms with Gasteiger partial charge >= 0.3 is 0 Å². The molecule has 0 saturated carbocycles. The number of hydrogen-bond donors (Lipinski definition) is 0. The summed E-state index contributed by atoms with van der Waals surface area (Å²) in [7, 11) is 1.58. The Morgan fingerprint density at radius 2 is 2.31 bits per heavy atom. The molecule has 3 rings (SSSR count). The third-order valence-electron chi connectivity index (χ3n) is 2.09. The van der Waals surface area contributed by atoms with E-state index >= 15 is 0 Å². The Kier molecular flexibility index (Phi) is 2.07. The van der Waals surface area contributed by atoms with Crippen molar-refractivity contribution < 1.29 is 9.15 Å². The average Bonchev–Trinajstić information content (AvgIpc) is 2.97. The first-order valence-electron chi connectivity index (χ1n) is 4.57. The normalized spacial score (nSPS) is 10.8. The van der Waals surface area contributed by atoms with Gasteiger partial charge < -0.3 is 9.15 Å². The Hall–Kier alpha value is -1.95. The highest BCUT2D eigenvalue weighted by Gasteiger charge is 2.13. The molecule has 0 amide bonds. The summed E-state index contributed by atoms with van der Waals surface area (Å²) in [5.74, 6) is 1.38.